The zero-order chi connectivity index (χ0) is 17.8. The van der Waals surface area contributed by atoms with E-state index in [1.165, 1.54) is 11.8 Å². The molecule has 7 nitrogen and oxygen atoms in total. The summed E-state index contributed by atoms with van der Waals surface area (Å²) in [5.41, 5.74) is 0.717. The molecular formula is C15H23N3O4SSi. The van der Waals surface area contributed by atoms with Crippen molar-refractivity contribution in [3.8, 4) is 11.9 Å². The van der Waals surface area contributed by atoms with E-state index in [4.69, 9.17) is 23.3 Å². The van der Waals surface area contributed by atoms with Crippen molar-refractivity contribution in [1.82, 2.24) is 5.32 Å². The fourth-order valence-electron chi connectivity index (χ4n) is 1.97. The summed E-state index contributed by atoms with van der Waals surface area (Å²) in [4.78, 5) is 4.35. The number of benzene rings is 1. The Morgan fingerprint density at radius 2 is 2.00 bits per heavy atom. The fourth-order valence-corrected chi connectivity index (χ4v) is 4.00. The first-order chi connectivity index (χ1) is 11.6. The van der Waals surface area contributed by atoms with Crippen LogP contribution < -0.4 is 10.1 Å². The minimum atomic E-state index is -2.55. The summed E-state index contributed by atoms with van der Waals surface area (Å²) in [5.74, 6) is 0.716. The summed E-state index contributed by atoms with van der Waals surface area (Å²) in [6, 6.07) is 8.07. The quantitative estimate of drug-likeness (QED) is 0.179. The van der Waals surface area contributed by atoms with Crippen molar-refractivity contribution in [3.63, 3.8) is 0 Å². The van der Waals surface area contributed by atoms with Crippen LogP contribution in [0.4, 0.5) is 5.69 Å². The molecule has 132 valence electrons. The molecule has 0 amide bonds. The van der Waals surface area contributed by atoms with Crippen LogP contribution in [0.1, 0.15) is 6.42 Å². The number of thioether (sulfide) groups is 1. The van der Waals surface area contributed by atoms with Gasteiger partial charge in [-0.2, -0.15) is 5.26 Å². The standard InChI is InChI=1S/C15H23N3O4SSi/c1-19-24(20-2,21-3)10-6-9-22-14-8-5-7-13(11-14)18-15(23-4)17-12-16/h5,7-8,11H,6,9-10H2,1-4H3,(H,17,18). The van der Waals surface area contributed by atoms with E-state index in [0.29, 0.717) is 29.3 Å². The first kappa shape index (κ1) is 20.5. The van der Waals surface area contributed by atoms with Gasteiger partial charge < -0.3 is 18.0 Å². The molecular weight excluding hydrogens is 346 g/mol. The first-order valence-electron chi connectivity index (χ1n) is 7.29. The number of ether oxygens (including phenoxy) is 1. The van der Waals surface area contributed by atoms with E-state index >= 15 is 0 Å². The van der Waals surface area contributed by atoms with E-state index in [9.17, 15) is 0 Å². The molecule has 0 aliphatic heterocycles. The first-order valence-corrected chi connectivity index (χ1v) is 10.4. The molecule has 0 spiro atoms. The highest BCUT2D eigenvalue weighted by molar-refractivity contribution is 8.13. The summed E-state index contributed by atoms with van der Waals surface area (Å²) in [5, 5.41) is 11.7. The van der Waals surface area contributed by atoms with Crippen LogP contribution in [0.25, 0.3) is 0 Å². The third-order valence-corrected chi connectivity index (χ3v) is 6.65. The van der Waals surface area contributed by atoms with Crippen molar-refractivity contribution in [1.29, 1.82) is 5.26 Å². The maximum absolute atomic E-state index is 8.66. The summed E-state index contributed by atoms with van der Waals surface area (Å²) in [6.07, 6.45) is 4.46. The van der Waals surface area contributed by atoms with Crippen LogP contribution in [0.15, 0.2) is 29.3 Å². The molecule has 0 radical (unpaired) electrons. The molecule has 1 N–H and O–H groups in total. The number of rotatable bonds is 9. The molecule has 1 aromatic rings. The van der Waals surface area contributed by atoms with Crippen LogP contribution in [0, 0.1) is 11.5 Å². The molecule has 1 aromatic carbocycles. The Morgan fingerprint density at radius 3 is 2.58 bits per heavy atom. The predicted octanol–water partition coefficient (Wildman–Crippen LogP) is 2.75. The van der Waals surface area contributed by atoms with Gasteiger partial charge in [0.2, 0.25) is 0 Å². The van der Waals surface area contributed by atoms with Gasteiger partial charge in [0.1, 0.15) is 5.75 Å². The van der Waals surface area contributed by atoms with Crippen molar-refractivity contribution in [3.05, 3.63) is 24.3 Å². The number of aliphatic imine (C=N–C) groups is 1. The van der Waals surface area contributed by atoms with Gasteiger partial charge in [0.15, 0.2) is 11.4 Å². The van der Waals surface area contributed by atoms with E-state index in [1.54, 1.807) is 21.3 Å². The van der Waals surface area contributed by atoms with Gasteiger partial charge in [-0.15, -0.1) is 0 Å². The van der Waals surface area contributed by atoms with Gasteiger partial charge in [-0.05, 0) is 24.8 Å². The number of hydrogen-bond donors (Lipinski definition) is 1. The topological polar surface area (TPSA) is 85.1 Å². The smallest absolute Gasteiger partial charge is 0.494 e. The zero-order valence-corrected chi connectivity index (χ0v) is 16.2. The Hall–Kier alpha value is -1.57. The van der Waals surface area contributed by atoms with Crippen LogP contribution in [0.3, 0.4) is 0 Å². The summed E-state index contributed by atoms with van der Waals surface area (Å²) in [6.45, 7) is 0.518. The molecule has 0 bridgehead atoms. The highest BCUT2D eigenvalue weighted by Gasteiger charge is 2.36. The summed E-state index contributed by atoms with van der Waals surface area (Å²) < 4.78 is 21.9. The highest BCUT2D eigenvalue weighted by Crippen LogP contribution is 2.22. The van der Waals surface area contributed by atoms with Crippen molar-refractivity contribution in [2.75, 3.05) is 34.2 Å². The maximum atomic E-state index is 8.66. The third-order valence-electron chi connectivity index (χ3n) is 3.23. The minimum absolute atomic E-state index is 0.518. The Kier molecular flexibility index (Phi) is 9.44. The lowest BCUT2D eigenvalue weighted by molar-refractivity contribution is 0.121. The van der Waals surface area contributed by atoms with Crippen LogP contribution in [-0.2, 0) is 13.3 Å². The van der Waals surface area contributed by atoms with E-state index in [1.807, 2.05) is 36.7 Å². The second kappa shape index (κ2) is 11.1. The monoisotopic (exact) mass is 369 g/mol. The Labute approximate surface area is 148 Å². The van der Waals surface area contributed by atoms with Crippen LogP contribution in [0.5, 0.6) is 5.75 Å². The summed E-state index contributed by atoms with van der Waals surface area (Å²) in [7, 11) is 2.25. The van der Waals surface area contributed by atoms with Crippen molar-refractivity contribution >= 4 is 31.4 Å². The maximum Gasteiger partial charge on any atom is 0.500 e. The molecule has 0 heterocycles. The molecule has 0 aliphatic rings. The van der Waals surface area contributed by atoms with Crippen molar-refractivity contribution in [2.45, 2.75) is 12.5 Å². The number of amidine groups is 1. The predicted molar refractivity (Wildman–Crippen MR) is 97.5 cm³/mol. The molecule has 0 fully saturated rings. The molecule has 24 heavy (non-hydrogen) atoms. The lowest BCUT2D eigenvalue weighted by Crippen LogP contribution is -2.42. The largest absolute Gasteiger partial charge is 0.500 e. The lowest BCUT2D eigenvalue weighted by atomic mass is 10.3. The molecule has 9 heteroatoms. The number of nitrogens with one attached hydrogen (secondary N) is 1. The minimum Gasteiger partial charge on any atom is -0.494 e. The third kappa shape index (κ3) is 6.50. The van der Waals surface area contributed by atoms with Gasteiger partial charge >= 0.3 is 8.80 Å². The zero-order valence-electron chi connectivity index (χ0n) is 14.4. The number of nitrogens with zero attached hydrogens (tertiary/aromatic N) is 2. The number of hydrogen-bond acceptors (Lipinski definition) is 7. The van der Waals surface area contributed by atoms with Crippen LogP contribution in [-0.4, -0.2) is 48.2 Å². The van der Waals surface area contributed by atoms with Crippen molar-refractivity contribution < 1.29 is 18.0 Å². The second-order valence-corrected chi connectivity index (χ2v) is 8.49. The molecule has 1 rings (SSSR count). The molecule has 0 aromatic heterocycles. The SMILES string of the molecule is CO[Si](CCCOc1cccc(N=C(NC#N)SC)c1)(OC)OC. The van der Waals surface area contributed by atoms with Crippen molar-refractivity contribution in [2.24, 2.45) is 4.99 Å². The molecule has 0 unspecified atom stereocenters. The van der Waals surface area contributed by atoms with E-state index < -0.39 is 8.80 Å². The van der Waals surface area contributed by atoms with E-state index in [0.717, 1.165) is 6.42 Å². The van der Waals surface area contributed by atoms with Gasteiger partial charge in [-0.25, -0.2) is 4.99 Å². The lowest BCUT2D eigenvalue weighted by Gasteiger charge is -2.24. The second-order valence-electron chi connectivity index (χ2n) is 4.60. The molecule has 0 saturated carbocycles. The van der Waals surface area contributed by atoms with Gasteiger partial charge in [-0.1, -0.05) is 17.8 Å². The molecule has 0 aliphatic carbocycles. The Morgan fingerprint density at radius 1 is 1.29 bits per heavy atom. The van der Waals surface area contributed by atoms with E-state index in [-0.39, 0.29) is 0 Å². The normalized spacial score (nSPS) is 11.9. The van der Waals surface area contributed by atoms with E-state index in [2.05, 4.69) is 10.3 Å². The fraction of sp³-hybridized carbons (Fsp3) is 0.467. The number of nitriles is 1. The van der Waals surface area contributed by atoms with Gasteiger partial charge in [0, 0.05) is 33.4 Å². The van der Waals surface area contributed by atoms with Crippen LogP contribution in [0.2, 0.25) is 6.04 Å². The molecule has 0 saturated heterocycles. The van der Waals surface area contributed by atoms with Gasteiger partial charge in [-0.3, -0.25) is 5.32 Å². The molecule has 0 atom stereocenters. The Bertz CT molecular complexity index is 568. The average Bonchev–Trinajstić information content (AvgIpc) is 2.62. The summed E-state index contributed by atoms with van der Waals surface area (Å²) >= 11 is 1.37. The highest BCUT2D eigenvalue weighted by atomic mass is 32.2. The van der Waals surface area contributed by atoms with Crippen LogP contribution >= 0.6 is 11.8 Å². The van der Waals surface area contributed by atoms with Gasteiger partial charge in [0.05, 0.1) is 12.3 Å². The van der Waals surface area contributed by atoms with Gasteiger partial charge in [0.25, 0.3) is 0 Å². The average molecular weight is 370 g/mol. The Balaban J connectivity index is 2.58.